The molecule has 0 saturated carbocycles. The monoisotopic (exact) mass is 398 g/mol. The highest BCUT2D eigenvalue weighted by atomic mass is 16.5. The number of benzene rings is 2. The molecule has 0 atom stereocenters. The van der Waals surface area contributed by atoms with Gasteiger partial charge >= 0.3 is 0 Å². The fourth-order valence-electron chi connectivity index (χ4n) is 3.15. The van der Waals surface area contributed by atoms with E-state index in [-0.39, 0.29) is 30.8 Å². The van der Waals surface area contributed by atoms with Crippen LogP contribution in [-0.4, -0.2) is 43.5 Å². The molecule has 0 N–H and O–H groups in total. The molecule has 0 spiro atoms. The van der Waals surface area contributed by atoms with Crippen molar-refractivity contribution in [2.24, 2.45) is 0 Å². The number of nitrogens with zero attached hydrogens (tertiary/aromatic N) is 2. The van der Waals surface area contributed by atoms with Gasteiger partial charge in [-0.1, -0.05) is 30.3 Å². The van der Waals surface area contributed by atoms with Gasteiger partial charge in [-0.2, -0.15) is 0 Å². The number of rotatable bonds is 9. The predicted molar refractivity (Wildman–Crippen MR) is 114 cm³/mol. The van der Waals surface area contributed by atoms with Crippen LogP contribution < -0.4 is 14.4 Å². The second kappa shape index (κ2) is 10.5. The van der Waals surface area contributed by atoms with Crippen molar-refractivity contribution in [1.82, 2.24) is 4.90 Å². The van der Waals surface area contributed by atoms with Gasteiger partial charge in [-0.25, -0.2) is 0 Å². The van der Waals surface area contributed by atoms with Crippen molar-refractivity contribution in [1.29, 1.82) is 0 Å². The van der Waals surface area contributed by atoms with Crippen molar-refractivity contribution >= 4 is 17.5 Å². The summed E-state index contributed by atoms with van der Waals surface area (Å²) in [6.07, 6.45) is 0.213. The third kappa shape index (κ3) is 5.98. The van der Waals surface area contributed by atoms with E-state index < -0.39 is 0 Å². The van der Waals surface area contributed by atoms with E-state index in [1.54, 1.807) is 37.3 Å². The predicted octanol–water partition coefficient (Wildman–Crippen LogP) is 3.88. The van der Waals surface area contributed by atoms with Crippen LogP contribution in [0.15, 0.2) is 48.5 Å². The maximum Gasteiger partial charge on any atom is 0.224 e. The fourth-order valence-corrected chi connectivity index (χ4v) is 3.15. The Morgan fingerprint density at radius 2 is 1.69 bits per heavy atom. The first-order valence-electron chi connectivity index (χ1n) is 9.70. The lowest BCUT2D eigenvalue weighted by molar-refractivity contribution is -0.133. The molecule has 2 rings (SSSR count). The lowest BCUT2D eigenvalue weighted by Gasteiger charge is -2.29. The van der Waals surface area contributed by atoms with Crippen LogP contribution in [0.5, 0.6) is 11.5 Å². The maximum atomic E-state index is 13.0. The zero-order chi connectivity index (χ0) is 21.4. The zero-order valence-corrected chi connectivity index (χ0v) is 17.8. The Morgan fingerprint density at radius 3 is 2.24 bits per heavy atom. The summed E-state index contributed by atoms with van der Waals surface area (Å²) in [5.74, 6) is 1.00. The Bertz CT molecular complexity index is 821. The van der Waals surface area contributed by atoms with Crippen LogP contribution in [-0.2, 0) is 16.1 Å². The van der Waals surface area contributed by atoms with Crippen LogP contribution in [0, 0.1) is 0 Å². The van der Waals surface area contributed by atoms with Crippen molar-refractivity contribution in [3.05, 3.63) is 54.1 Å². The molecule has 0 unspecified atom stereocenters. The number of ether oxygens (including phenoxy) is 2. The quantitative estimate of drug-likeness (QED) is 0.643. The first-order valence-corrected chi connectivity index (χ1v) is 9.70. The van der Waals surface area contributed by atoms with Gasteiger partial charge in [-0.05, 0) is 31.5 Å². The molecule has 0 saturated heterocycles. The van der Waals surface area contributed by atoms with Crippen molar-refractivity contribution < 1.29 is 19.1 Å². The molecule has 0 bridgehead atoms. The Kier molecular flexibility index (Phi) is 8.07. The zero-order valence-electron chi connectivity index (χ0n) is 17.8. The molecule has 0 radical (unpaired) electrons. The minimum Gasteiger partial charge on any atom is -0.497 e. The average Bonchev–Trinajstić information content (AvgIpc) is 2.72. The third-order valence-electron chi connectivity index (χ3n) is 4.75. The second-order valence-electron chi connectivity index (χ2n) is 7.06. The van der Waals surface area contributed by atoms with Gasteiger partial charge in [-0.15, -0.1) is 0 Å². The number of hydrogen-bond donors (Lipinski definition) is 0. The van der Waals surface area contributed by atoms with Crippen molar-refractivity contribution in [2.75, 3.05) is 25.7 Å². The minimum absolute atomic E-state index is 0.00281. The summed E-state index contributed by atoms with van der Waals surface area (Å²) in [6.45, 7) is 6.27. The smallest absolute Gasteiger partial charge is 0.224 e. The first-order chi connectivity index (χ1) is 13.9. The van der Waals surface area contributed by atoms with Gasteiger partial charge in [0.1, 0.15) is 11.5 Å². The molecule has 0 aliphatic rings. The highest BCUT2D eigenvalue weighted by Gasteiger charge is 2.22. The van der Waals surface area contributed by atoms with Crippen LogP contribution >= 0.6 is 0 Å². The topological polar surface area (TPSA) is 59.1 Å². The summed E-state index contributed by atoms with van der Waals surface area (Å²) in [5, 5.41) is 0. The summed E-state index contributed by atoms with van der Waals surface area (Å²) in [4.78, 5) is 28.7. The molecule has 156 valence electrons. The number of amides is 2. The SMILES string of the molecule is COc1ccc(OC)c(N(CCC(=O)N(Cc2ccccc2)C(C)C)C(C)=O)c1. The van der Waals surface area contributed by atoms with E-state index in [0.29, 0.717) is 23.7 Å². The van der Waals surface area contributed by atoms with Crippen molar-refractivity contribution in [3.8, 4) is 11.5 Å². The second-order valence-corrected chi connectivity index (χ2v) is 7.06. The summed E-state index contributed by atoms with van der Waals surface area (Å²) < 4.78 is 10.7. The molecule has 6 nitrogen and oxygen atoms in total. The van der Waals surface area contributed by atoms with Crippen LogP contribution in [0.3, 0.4) is 0 Å². The van der Waals surface area contributed by atoms with Crippen molar-refractivity contribution in [3.63, 3.8) is 0 Å². The normalized spacial score (nSPS) is 10.6. The van der Waals surface area contributed by atoms with E-state index >= 15 is 0 Å². The minimum atomic E-state index is -0.163. The van der Waals surface area contributed by atoms with Gasteiger partial charge < -0.3 is 19.3 Å². The molecule has 6 heteroatoms. The van der Waals surface area contributed by atoms with E-state index in [4.69, 9.17) is 9.47 Å². The fraction of sp³-hybridized carbons (Fsp3) is 0.391. The Balaban J connectivity index is 2.17. The first kappa shape index (κ1) is 22.3. The Hall–Kier alpha value is -3.02. The molecular formula is C23H30N2O4. The number of carbonyl (C=O) groups excluding carboxylic acids is 2. The molecule has 2 aromatic carbocycles. The average molecular weight is 399 g/mol. The molecule has 29 heavy (non-hydrogen) atoms. The number of carbonyl (C=O) groups is 2. The van der Waals surface area contributed by atoms with E-state index in [1.165, 1.54) is 6.92 Å². The highest BCUT2D eigenvalue weighted by Crippen LogP contribution is 2.32. The van der Waals surface area contributed by atoms with Gasteiger partial charge in [0.25, 0.3) is 0 Å². The van der Waals surface area contributed by atoms with Crippen LogP contribution in [0.4, 0.5) is 5.69 Å². The molecule has 0 fully saturated rings. The lowest BCUT2D eigenvalue weighted by atomic mass is 10.1. The number of anilines is 1. The largest absolute Gasteiger partial charge is 0.497 e. The number of methoxy groups -OCH3 is 2. The lowest BCUT2D eigenvalue weighted by Crippen LogP contribution is -2.39. The van der Waals surface area contributed by atoms with E-state index in [9.17, 15) is 9.59 Å². The van der Waals surface area contributed by atoms with E-state index in [1.807, 2.05) is 49.1 Å². The molecular weight excluding hydrogens is 368 g/mol. The molecule has 0 heterocycles. The van der Waals surface area contributed by atoms with Crippen LogP contribution in [0.2, 0.25) is 0 Å². The van der Waals surface area contributed by atoms with Gasteiger partial charge in [-0.3, -0.25) is 9.59 Å². The molecule has 0 aromatic heterocycles. The van der Waals surface area contributed by atoms with Gasteiger partial charge in [0.2, 0.25) is 11.8 Å². The van der Waals surface area contributed by atoms with Crippen molar-refractivity contribution in [2.45, 2.75) is 39.8 Å². The summed E-state index contributed by atoms with van der Waals surface area (Å²) in [7, 11) is 3.12. The number of hydrogen-bond acceptors (Lipinski definition) is 4. The summed E-state index contributed by atoms with van der Waals surface area (Å²) in [5.41, 5.74) is 1.67. The van der Waals surface area contributed by atoms with Gasteiger partial charge in [0.15, 0.2) is 0 Å². The Labute approximate surface area is 173 Å². The Morgan fingerprint density at radius 1 is 1.00 bits per heavy atom. The molecule has 0 aliphatic carbocycles. The molecule has 2 amide bonds. The summed E-state index contributed by atoms with van der Waals surface area (Å²) in [6, 6.07) is 15.2. The standard InChI is InChI=1S/C23H30N2O4/c1-17(2)25(16-19-9-7-6-8-10-19)23(27)13-14-24(18(3)26)21-15-20(28-4)11-12-22(21)29-5/h6-12,15,17H,13-14,16H2,1-5H3. The van der Waals surface area contributed by atoms with Crippen LogP contribution in [0.25, 0.3) is 0 Å². The maximum absolute atomic E-state index is 13.0. The van der Waals surface area contributed by atoms with Gasteiger partial charge in [0.05, 0.1) is 19.9 Å². The summed E-state index contributed by atoms with van der Waals surface area (Å²) >= 11 is 0. The molecule has 2 aromatic rings. The van der Waals surface area contributed by atoms with E-state index in [2.05, 4.69) is 0 Å². The highest BCUT2D eigenvalue weighted by molar-refractivity contribution is 5.94. The third-order valence-corrected chi connectivity index (χ3v) is 4.75. The van der Waals surface area contributed by atoms with Crippen LogP contribution in [0.1, 0.15) is 32.8 Å². The van der Waals surface area contributed by atoms with E-state index in [0.717, 1.165) is 5.56 Å². The molecule has 0 aliphatic heterocycles. The van der Waals surface area contributed by atoms with Gasteiger partial charge in [0, 0.05) is 38.5 Å².